The van der Waals surface area contributed by atoms with Gasteiger partial charge in [-0.05, 0) is 39.8 Å². The summed E-state index contributed by atoms with van der Waals surface area (Å²) >= 11 is 0. The minimum Gasteiger partial charge on any atom is -0.378 e. The molecule has 0 radical (unpaired) electrons. The maximum absolute atomic E-state index is 11.8. The van der Waals surface area contributed by atoms with E-state index in [2.05, 4.69) is 15.7 Å². The summed E-state index contributed by atoms with van der Waals surface area (Å²) in [6.07, 6.45) is 6.26. The second kappa shape index (κ2) is 7.40. The monoisotopic (exact) mass is 280 g/mol. The Morgan fingerprint density at radius 3 is 2.95 bits per heavy atom. The Morgan fingerprint density at radius 2 is 2.30 bits per heavy atom. The number of nitrogens with zero attached hydrogens (tertiary/aromatic N) is 2. The number of carbonyl (C=O) groups excluding carboxylic acids is 1. The molecule has 1 aliphatic rings. The summed E-state index contributed by atoms with van der Waals surface area (Å²) < 4.78 is 7.53. The van der Waals surface area contributed by atoms with Crippen molar-refractivity contribution in [1.82, 2.24) is 15.1 Å². The Balaban J connectivity index is 1.66. The molecular weight excluding hydrogens is 256 g/mol. The molecule has 1 aromatic heterocycles. The topological polar surface area (TPSA) is 68.2 Å². The van der Waals surface area contributed by atoms with Gasteiger partial charge in [0.05, 0.1) is 31.0 Å². The molecule has 112 valence electrons. The summed E-state index contributed by atoms with van der Waals surface area (Å²) in [6.45, 7) is 6.59. The summed E-state index contributed by atoms with van der Waals surface area (Å²) in [6, 6.07) is 0.295. The smallest absolute Gasteiger partial charge is 0.226 e. The lowest BCUT2D eigenvalue weighted by Crippen LogP contribution is -2.33. The average molecular weight is 280 g/mol. The first-order chi connectivity index (χ1) is 9.65. The van der Waals surface area contributed by atoms with Crippen molar-refractivity contribution in [2.24, 2.45) is 0 Å². The molecule has 2 N–H and O–H groups in total. The second-order valence-corrected chi connectivity index (χ2v) is 5.42. The molecular formula is C14H24N4O2. The Bertz CT molecular complexity index is 425. The van der Waals surface area contributed by atoms with Crippen LogP contribution in [0.15, 0.2) is 12.4 Å². The summed E-state index contributed by atoms with van der Waals surface area (Å²) in [7, 11) is 0. The molecule has 0 saturated carbocycles. The van der Waals surface area contributed by atoms with Gasteiger partial charge in [-0.1, -0.05) is 0 Å². The van der Waals surface area contributed by atoms with E-state index in [-0.39, 0.29) is 5.91 Å². The predicted octanol–water partition coefficient (Wildman–Crippen LogP) is 1.56. The molecule has 1 aromatic rings. The molecule has 0 aliphatic carbocycles. The minimum absolute atomic E-state index is 0.0257. The minimum atomic E-state index is -0.0257. The molecule has 6 heteroatoms. The number of aromatic nitrogens is 2. The first-order valence-corrected chi connectivity index (χ1v) is 7.31. The molecule has 2 rings (SSSR count). The molecule has 1 amide bonds. The zero-order valence-electron chi connectivity index (χ0n) is 12.3. The largest absolute Gasteiger partial charge is 0.378 e. The number of amides is 1. The van der Waals surface area contributed by atoms with Gasteiger partial charge in [-0.15, -0.1) is 0 Å². The fraction of sp³-hybridized carbons (Fsp3) is 0.714. The second-order valence-electron chi connectivity index (χ2n) is 5.42. The van der Waals surface area contributed by atoms with Gasteiger partial charge in [-0.3, -0.25) is 9.48 Å². The van der Waals surface area contributed by atoms with Crippen LogP contribution in [0.3, 0.4) is 0 Å². The van der Waals surface area contributed by atoms with Gasteiger partial charge >= 0.3 is 0 Å². The highest BCUT2D eigenvalue weighted by Crippen LogP contribution is 2.11. The summed E-state index contributed by atoms with van der Waals surface area (Å²) in [4.78, 5) is 11.8. The van der Waals surface area contributed by atoms with E-state index >= 15 is 0 Å². The summed E-state index contributed by atoms with van der Waals surface area (Å²) in [5.74, 6) is -0.0257. The third-order valence-electron chi connectivity index (χ3n) is 3.38. The lowest BCUT2D eigenvalue weighted by atomic mass is 10.1. The van der Waals surface area contributed by atoms with Gasteiger partial charge in [0.15, 0.2) is 0 Å². The highest BCUT2D eigenvalue weighted by Gasteiger charge is 2.13. The van der Waals surface area contributed by atoms with E-state index in [4.69, 9.17) is 4.74 Å². The van der Waals surface area contributed by atoms with Crippen LogP contribution < -0.4 is 10.6 Å². The van der Waals surface area contributed by atoms with Crippen molar-refractivity contribution in [3.8, 4) is 0 Å². The molecule has 1 fully saturated rings. The van der Waals surface area contributed by atoms with E-state index in [9.17, 15) is 4.79 Å². The number of carbonyl (C=O) groups is 1. The van der Waals surface area contributed by atoms with Crippen LogP contribution in [0.25, 0.3) is 0 Å². The summed E-state index contributed by atoms with van der Waals surface area (Å²) in [5, 5.41) is 10.3. The number of nitrogens with one attached hydrogen (secondary N) is 2. The van der Waals surface area contributed by atoms with Crippen LogP contribution >= 0.6 is 0 Å². The van der Waals surface area contributed by atoms with Gasteiger partial charge in [-0.25, -0.2) is 0 Å². The molecule has 2 heterocycles. The molecule has 6 nitrogen and oxygen atoms in total. The third-order valence-corrected chi connectivity index (χ3v) is 3.38. The fourth-order valence-electron chi connectivity index (χ4n) is 2.19. The van der Waals surface area contributed by atoms with Crippen molar-refractivity contribution in [3.05, 3.63) is 12.4 Å². The van der Waals surface area contributed by atoms with Crippen LogP contribution in [-0.4, -0.2) is 41.5 Å². The van der Waals surface area contributed by atoms with Gasteiger partial charge in [0, 0.05) is 12.2 Å². The standard InChI is InChI=1S/C14H24N4O2/c1-11(2)18-10-12(9-16-18)17-14(19)5-8-20-13-3-6-15-7-4-13/h9-11,13,15H,3-8H2,1-2H3,(H,17,19). The summed E-state index contributed by atoms with van der Waals surface area (Å²) in [5.41, 5.74) is 0.741. The van der Waals surface area contributed by atoms with Crippen LogP contribution in [0, 0.1) is 0 Å². The Morgan fingerprint density at radius 1 is 1.55 bits per heavy atom. The lowest BCUT2D eigenvalue weighted by molar-refractivity contribution is -0.117. The quantitative estimate of drug-likeness (QED) is 0.830. The van der Waals surface area contributed by atoms with Crippen molar-refractivity contribution >= 4 is 11.6 Å². The highest BCUT2D eigenvalue weighted by molar-refractivity contribution is 5.90. The molecule has 0 spiro atoms. The van der Waals surface area contributed by atoms with Crippen LogP contribution in [0.4, 0.5) is 5.69 Å². The number of ether oxygens (including phenoxy) is 1. The van der Waals surface area contributed by atoms with Crippen molar-refractivity contribution < 1.29 is 9.53 Å². The SMILES string of the molecule is CC(C)n1cc(NC(=O)CCOC2CCNCC2)cn1. The van der Waals surface area contributed by atoms with E-state index in [1.807, 2.05) is 24.7 Å². The van der Waals surface area contributed by atoms with E-state index in [1.165, 1.54) is 0 Å². The predicted molar refractivity (Wildman–Crippen MR) is 77.7 cm³/mol. The number of rotatable bonds is 6. The van der Waals surface area contributed by atoms with Crippen molar-refractivity contribution in [2.75, 3.05) is 25.0 Å². The van der Waals surface area contributed by atoms with Crippen molar-refractivity contribution in [1.29, 1.82) is 0 Å². The molecule has 0 atom stereocenters. The number of piperidine rings is 1. The molecule has 0 bridgehead atoms. The molecule has 1 aliphatic heterocycles. The van der Waals surface area contributed by atoms with Gasteiger partial charge in [0.1, 0.15) is 0 Å². The van der Waals surface area contributed by atoms with Crippen molar-refractivity contribution in [2.45, 2.75) is 45.3 Å². The maximum Gasteiger partial charge on any atom is 0.226 e. The van der Waals surface area contributed by atoms with E-state index in [0.717, 1.165) is 31.6 Å². The Kier molecular flexibility index (Phi) is 5.55. The van der Waals surface area contributed by atoms with Crippen LogP contribution in [0.1, 0.15) is 39.2 Å². The van der Waals surface area contributed by atoms with E-state index < -0.39 is 0 Å². The van der Waals surface area contributed by atoms with Crippen molar-refractivity contribution in [3.63, 3.8) is 0 Å². The van der Waals surface area contributed by atoms with E-state index in [1.54, 1.807) is 6.20 Å². The lowest BCUT2D eigenvalue weighted by Gasteiger charge is -2.22. The Labute approximate surface area is 119 Å². The normalized spacial score (nSPS) is 16.6. The number of anilines is 1. The van der Waals surface area contributed by atoms with Gasteiger partial charge in [0.25, 0.3) is 0 Å². The number of hydrogen-bond acceptors (Lipinski definition) is 4. The molecule has 20 heavy (non-hydrogen) atoms. The number of hydrogen-bond donors (Lipinski definition) is 2. The average Bonchev–Trinajstić information content (AvgIpc) is 2.88. The fourth-order valence-corrected chi connectivity index (χ4v) is 2.19. The first-order valence-electron chi connectivity index (χ1n) is 7.31. The zero-order chi connectivity index (χ0) is 14.4. The maximum atomic E-state index is 11.8. The third kappa shape index (κ3) is 4.61. The molecule has 0 aromatic carbocycles. The molecule has 1 saturated heterocycles. The van der Waals surface area contributed by atoms with Gasteiger partial charge in [-0.2, -0.15) is 5.10 Å². The first kappa shape index (κ1) is 15.0. The van der Waals surface area contributed by atoms with Crippen LogP contribution in [-0.2, 0) is 9.53 Å². The van der Waals surface area contributed by atoms with E-state index in [0.29, 0.717) is 25.2 Å². The van der Waals surface area contributed by atoms with Gasteiger partial charge < -0.3 is 15.4 Å². The van der Waals surface area contributed by atoms with Crippen LogP contribution in [0.2, 0.25) is 0 Å². The van der Waals surface area contributed by atoms with Gasteiger partial charge in [0.2, 0.25) is 5.91 Å². The Hall–Kier alpha value is -1.40. The molecule has 0 unspecified atom stereocenters. The van der Waals surface area contributed by atoms with Crippen LogP contribution in [0.5, 0.6) is 0 Å². The zero-order valence-corrected chi connectivity index (χ0v) is 12.3. The highest BCUT2D eigenvalue weighted by atomic mass is 16.5.